The van der Waals surface area contributed by atoms with E-state index in [1.165, 1.54) is 81.0 Å². The summed E-state index contributed by atoms with van der Waals surface area (Å²) >= 11 is 3.15. The summed E-state index contributed by atoms with van der Waals surface area (Å²) in [4.78, 5) is 24.4. The topological polar surface area (TPSA) is 52.6 Å². The molecule has 2 aromatic rings. The Morgan fingerprint density at radius 3 is 2.00 bits per heavy atom. The van der Waals surface area contributed by atoms with E-state index in [1.807, 2.05) is 0 Å². The van der Waals surface area contributed by atoms with E-state index in [2.05, 4.69) is 22.9 Å². The summed E-state index contributed by atoms with van der Waals surface area (Å²) in [6.07, 6.45) is 9.46. The first-order valence-electron chi connectivity index (χ1n) is 10.5. The fraction of sp³-hybridized carbons (Fsp3) is 0.417. The highest BCUT2D eigenvalue weighted by molar-refractivity contribution is 9.10. The molecular weight excluding hydrogens is 451 g/mol. The van der Waals surface area contributed by atoms with Crippen molar-refractivity contribution in [1.82, 2.24) is 0 Å². The number of unbranched alkanes of at least 4 members (excludes halogenated alkanes) is 7. The van der Waals surface area contributed by atoms with Gasteiger partial charge < -0.3 is 9.47 Å². The van der Waals surface area contributed by atoms with Crippen LogP contribution in [0.4, 0.5) is 4.39 Å². The zero-order valence-electron chi connectivity index (χ0n) is 17.3. The van der Waals surface area contributed by atoms with E-state index in [9.17, 15) is 14.0 Å². The predicted molar refractivity (Wildman–Crippen MR) is 118 cm³/mol. The van der Waals surface area contributed by atoms with Crippen LogP contribution in [0.5, 0.6) is 5.75 Å². The Hall–Kier alpha value is -2.21. The van der Waals surface area contributed by atoms with Crippen LogP contribution in [0.3, 0.4) is 0 Å². The van der Waals surface area contributed by atoms with Crippen LogP contribution in [0.15, 0.2) is 46.9 Å². The van der Waals surface area contributed by atoms with E-state index in [0.29, 0.717) is 16.6 Å². The third-order valence-corrected chi connectivity index (χ3v) is 5.30. The molecule has 0 N–H and O–H groups in total. The Labute approximate surface area is 185 Å². The minimum absolute atomic E-state index is 0.218. The Kier molecular flexibility index (Phi) is 10.6. The number of hydrogen-bond donors (Lipinski definition) is 0. The van der Waals surface area contributed by atoms with Gasteiger partial charge in [-0.15, -0.1) is 0 Å². The monoisotopic (exact) mass is 478 g/mol. The van der Waals surface area contributed by atoms with Crippen molar-refractivity contribution >= 4 is 27.9 Å². The summed E-state index contributed by atoms with van der Waals surface area (Å²) in [6, 6.07) is 9.87. The Morgan fingerprint density at radius 1 is 0.833 bits per heavy atom. The molecule has 6 heteroatoms. The van der Waals surface area contributed by atoms with Gasteiger partial charge in [-0.05, 0) is 64.8 Å². The van der Waals surface area contributed by atoms with E-state index in [0.717, 1.165) is 12.8 Å². The molecule has 0 aliphatic rings. The molecule has 0 aliphatic heterocycles. The first kappa shape index (κ1) is 24.1. The van der Waals surface area contributed by atoms with Gasteiger partial charge in [-0.1, -0.05) is 51.9 Å². The van der Waals surface area contributed by atoms with Crippen LogP contribution in [0.2, 0.25) is 0 Å². The molecule has 30 heavy (non-hydrogen) atoms. The molecule has 0 amide bonds. The lowest BCUT2D eigenvalue weighted by atomic mass is 10.1. The van der Waals surface area contributed by atoms with Gasteiger partial charge in [-0.2, -0.15) is 0 Å². The third kappa shape index (κ3) is 8.27. The number of carbonyl (C=O) groups excluding carboxylic acids is 2. The zero-order chi connectivity index (χ0) is 21.8. The molecule has 4 nitrogen and oxygen atoms in total. The van der Waals surface area contributed by atoms with Gasteiger partial charge in [0.2, 0.25) is 0 Å². The fourth-order valence-electron chi connectivity index (χ4n) is 2.94. The molecule has 0 atom stereocenters. The number of benzene rings is 2. The van der Waals surface area contributed by atoms with Crippen molar-refractivity contribution in [3.63, 3.8) is 0 Å². The van der Waals surface area contributed by atoms with E-state index in [-0.39, 0.29) is 11.3 Å². The second-order valence-corrected chi connectivity index (χ2v) is 8.01. The summed E-state index contributed by atoms with van der Waals surface area (Å²) in [5.41, 5.74) is 0.667. The minimum atomic E-state index is -0.596. The molecule has 0 saturated heterocycles. The quantitative estimate of drug-likeness (QED) is 0.185. The Balaban J connectivity index is 1.72. The summed E-state index contributed by atoms with van der Waals surface area (Å²) in [5, 5.41) is 0. The largest absolute Gasteiger partial charge is 0.462 e. The van der Waals surface area contributed by atoms with Gasteiger partial charge >= 0.3 is 11.9 Å². The average molecular weight is 479 g/mol. The van der Waals surface area contributed by atoms with Crippen LogP contribution in [0, 0.1) is 5.82 Å². The molecule has 0 heterocycles. The van der Waals surface area contributed by atoms with Gasteiger partial charge in [-0.25, -0.2) is 14.0 Å². The lowest BCUT2D eigenvalue weighted by Crippen LogP contribution is -2.10. The van der Waals surface area contributed by atoms with Gasteiger partial charge in [-0.3, -0.25) is 0 Å². The third-order valence-electron chi connectivity index (χ3n) is 4.68. The number of rotatable bonds is 12. The molecule has 0 spiro atoms. The Bertz CT molecular complexity index is 820. The Morgan fingerprint density at radius 2 is 1.40 bits per heavy atom. The normalized spacial score (nSPS) is 10.6. The lowest BCUT2D eigenvalue weighted by Gasteiger charge is -2.08. The summed E-state index contributed by atoms with van der Waals surface area (Å²) in [7, 11) is 0. The molecule has 0 aliphatic carbocycles. The highest BCUT2D eigenvalue weighted by Gasteiger charge is 2.13. The number of carbonyl (C=O) groups is 2. The van der Waals surface area contributed by atoms with Gasteiger partial charge in [0.1, 0.15) is 11.6 Å². The number of halogens is 2. The molecule has 0 aromatic heterocycles. The van der Waals surface area contributed by atoms with Crippen LogP contribution < -0.4 is 4.74 Å². The van der Waals surface area contributed by atoms with Crippen molar-refractivity contribution in [2.45, 2.75) is 58.3 Å². The first-order valence-corrected chi connectivity index (χ1v) is 11.2. The summed E-state index contributed by atoms with van der Waals surface area (Å²) in [5.74, 6) is -1.22. The number of ether oxygens (including phenoxy) is 2. The van der Waals surface area contributed by atoms with Gasteiger partial charge in [0, 0.05) is 0 Å². The molecule has 2 rings (SSSR count). The van der Waals surface area contributed by atoms with E-state index in [1.54, 1.807) is 0 Å². The molecule has 0 saturated carbocycles. The molecule has 0 fully saturated rings. The van der Waals surface area contributed by atoms with Gasteiger partial charge in [0.15, 0.2) is 0 Å². The second-order valence-electron chi connectivity index (χ2n) is 7.15. The average Bonchev–Trinajstić information content (AvgIpc) is 2.74. The second kappa shape index (κ2) is 13.2. The van der Waals surface area contributed by atoms with Gasteiger partial charge in [0.05, 0.1) is 22.2 Å². The highest BCUT2D eigenvalue weighted by atomic mass is 79.9. The molecule has 0 unspecified atom stereocenters. The van der Waals surface area contributed by atoms with Crippen LogP contribution in [-0.2, 0) is 4.74 Å². The highest BCUT2D eigenvalue weighted by Crippen LogP contribution is 2.26. The fourth-order valence-corrected chi connectivity index (χ4v) is 3.38. The van der Waals surface area contributed by atoms with Crippen LogP contribution in [0.25, 0.3) is 0 Å². The van der Waals surface area contributed by atoms with Crippen molar-refractivity contribution in [2.75, 3.05) is 6.61 Å². The van der Waals surface area contributed by atoms with Crippen molar-refractivity contribution < 1.29 is 23.5 Å². The molecule has 2 aromatic carbocycles. The van der Waals surface area contributed by atoms with E-state index >= 15 is 0 Å². The lowest BCUT2D eigenvalue weighted by molar-refractivity contribution is 0.0497. The van der Waals surface area contributed by atoms with Crippen LogP contribution in [0.1, 0.15) is 79.0 Å². The maximum atomic E-state index is 13.1. The standard InChI is InChI=1S/C24H28BrFO4/c1-2-3-4-5-6-7-8-9-16-29-23(27)18-10-12-19(13-11-18)24(28)30-22-15-14-20(26)17-21(22)25/h10-15,17H,2-9,16H2,1H3. The summed E-state index contributed by atoms with van der Waals surface area (Å²) < 4.78 is 24.0. The van der Waals surface area contributed by atoms with E-state index < -0.39 is 17.8 Å². The van der Waals surface area contributed by atoms with Gasteiger partial charge in [0.25, 0.3) is 0 Å². The van der Waals surface area contributed by atoms with Crippen molar-refractivity contribution in [2.24, 2.45) is 0 Å². The molecule has 0 bridgehead atoms. The number of esters is 2. The van der Waals surface area contributed by atoms with Crippen molar-refractivity contribution in [3.8, 4) is 5.75 Å². The maximum absolute atomic E-state index is 13.1. The molecular formula is C24H28BrFO4. The molecule has 0 radical (unpaired) electrons. The van der Waals surface area contributed by atoms with E-state index in [4.69, 9.17) is 9.47 Å². The smallest absolute Gasteiger partial charge is 0.343 e. The van der Waals surface area contributed by atoms with Crippen LogP contribution >= 0.6 is 15.9 Å². The van der Waals surface area contributed by atoms with Crippen LogP contribution in [-0.4, -0.2) is 18.5 Å². The zero-order valence-corrected chi connectivity index (χ0v) is 18.9. The SMILES string of the molecule is CCCCCCCCCCOC(=O)c1ccc(C(=O)Oc2ccc(F)cc2Br)cc1. The van der Waals surface area contributed by atoms with Crippen molar-refractivity contribution in [3.05, 3.63) is 63.9 Å². The summed E-state index contributed by atoms with van der Waals surface area (Å²) in [6.45, 7) is 2.61. The number of hydrogen-bond acceptors (Lipinski definition) is 4. The molecule has 162 valence electrons. The predicted octanol–water partition coefficient (Wildman–Crippen LogP) is 7.10. The maximum Gasteiger partial charge on any atom is 0.343 e. The van der Waals surface area contributed by atoms with Crippen molar-refractivity contribution in [1.29, 1.82) is 0 Å². The minimum Gasteiger partial charge on any atom is -0.462 e. The first-order chi connectivity index (χ1) is 14.5.